The third kappa shape index (κ3) is 15.0. The molecule has 0 aliphatic rings. The Kier molecular flexibility index (Phi) is 14.1. The molecule has 0 saturated carbocycles. The first-order valence-corrected chi connectivity index (χ1v) is 12.4. The third-order valence-electron chi connectivity index (χ3n) is 3.59. The zero-order chi connectivity index (χ0) is 25.5. The summed E-state index contributed by atoms with van der Waals surface area (Å²) in [7, 11) is -8.04. The van der Waals surface area contributed by atoms with E-state index < -0.39 is 20.2 Å². The fourth-order valence-electron chi connectivity index (χ4n) is 1.92. The number of nitrogens with one attached hydrogen (secondary N) is 1. The van der Waals surface area contributed by atoms with E-state index in [0.717, 1.165) is 11.1 Å². The fraction of sp³-hybridized carbons (Fsp3) is 0.286. The van der Waals surface area contributed by atoms with E-state index >= 15 is 0 Å². The number of esters is 1. The monoisotopic (exact) mass is 502 g/mol. The summed E-state index contributed by atoms with van der Waals surface area (Å²) in [6.45, 7) is 8.72. The van der Waals surface area contributed by atoms with Crippen LogP contribution in [0.2, 0.25) is 0 Å². The van der Waals surface area contributed by atoms with Gasteiger partial charge in [-0.3, -0.25) is 13.9 Å². The van der Waals surface area contributed by atoms with Gasteiger partial charge in [0.2, 0.25) is 0 Å². The molecule has 0 bridgehead atoms. The molecule has 2 aromatic carbocycles. The molecular formula is C21H30N2O8S2. The van der Waals surface area contributed by atoms with Crippen molar-refractivity contribution in [1.29, 1.82) is 0 Å². The lowest BCUT2D eigenvalue weighted by Gasteiger charge is -2.01. The highest BCUT2D eigenvalue weighted by Gasteiger charge is 2.07. The average molecular weight is 503 g/mol. The SMILES string of the molecule is C=CCOC(=O)CNCCN.Cc1ccc(S(=O)(=O)O)cc1.Cc1ccc(S(=O)(=O)O)cc1. The van der Waals surface area contributed by atoms with Gasteiger partial charge in [0.05, 0.1) is 16.3 Å². The molecule has 0 amide bonds. The molecular weight excluding hydrogens is 472 g/mol. The van der Waals surface area contributed by atoms with Gasteiger partial charge in [0.25, 0.3) is 20.2 Å². The molecule has 0 aliphatic heterocycles. The van der Waals surface area contributed by atoms with Gasteiger partial charge in [-0.2, -0.15) is 16.8 Å². The van der Waals surface area contributed by atoms with Crippen LogP contribution in [0.15, 0.2) is 71.0 Å². The standard InChI is InChI=1S/C7H14N2O2.2C7H8O3S/c1-2-5-11-7(10)6-9-4-3-8;2*1-6-2-4-7(5-3-6)11(8,9)10/h2,9H,1,3-6,8H2;2*2-5H,1H3,(H,8,9,10). The summed E-state index contributed by atoms with van der Waals surface area (Å²) in [4.78, 5) is 10.6. The number of rotatable bonds is 8. The first kappa shape index (κ1) is 30.4. The zero-order valence-electron chi connectivity index (χ0n) is 18.5. The molecule has 0 unspecified atom stereocenters. The van der Waals surface area contributed by atoms with Crippen LogP contribution in [0.4, 0.5) is 0 Å². The van der Waals surface area contributed by atoms with Gasteiger partial charge in [0.1, 0.15) is 6.61 Å². The highest BCUT2D eigenvalue weighted by Crippen LogP contribution is 2.09. The van der Waals surface area contributed by atoms with E-state index in [1.54, 1.807) is 24.3 Å². The quantitative estimate of drug-likeness (QED) is 0.180. The van der Waals surface area contributed by atoms with E-state index in [1.807, 2.05) is 13.8 Å². The second-order valence-electron chi connectivity index (χ2n) is 6.51. The second-order valence-corrected chi connectivity index (χ2v) is 9.36. The maximum atomic E-state index is 10.7. The molecule has 0 aliphatic carbocycles. The summed E-state index contributed by atoms with van der Waals surface area (Å²) in [6, 6.07) is 12.0. The number of hydrogen-bond acceptors (Lipinski definition) is 8. The van der Waals surface area contributed by atoms with Crippen molar-refractivity contribution in [3.05, 3.63) is 72.3 Å². The second kappa shape index (κ2) is 15.3. The Morgan fingerprint density at radius 2 is 1.33 bits per heavy atom. The summed E-state index contributed by atoms with van der Waals surface area (Å²) in [6.07, 6.45) is 1.53. The van der Waals surface area contributed by atoms with E-state index in [9.17, 15) is 21.6 Å². The highest BCUT2D eigenvalue weighted by atomic mass is 32.2. The fourth-order valence-corrected chi connectivity index (χ4v) is 2.88. The number of aryl methyl sites for hydroxylation is 2. The van der Waals surface area contributed by atoms with Gasteiger partial charge in [0, 0.05) is 13.1 Å². The van der Waals surface area contributed by atoms with Crippen molar-refractivity contribution in [1.82, 2.24) is 5.32 Å². The van der Waals surface area contributed by atoms with Crippen molar-refractivity contribution in [2.45, 2.75) is 23.6 Å². The smallest absolute Gasteiger partial charge is 0.320 e. The predicted molar refractivity (Wildman–Crippen MR) is 125 cm³/mol. The predicted octanol–water partition coefficient (Wildman–Crippen LogP) is 1.75. The van der Waals surface area contributed by atoms with Gasteiger partial charge in [-0.05, 0) is 38.1 Å². The molecule has 12 heteroatoms. The van der Waals surface area contributed by atoms with Gasteiger partial charge < -0.3 is 15.8 Å². The molecule has 2 aromatic rings. The molecule has 0 aromatic heterocycles. The molecule has 184 valence electrons. The zero-order valence-corrected chi connectivity index (χ0v) is 20.1. The number of hydrogen-bond donors (Lipinski definition) is 4. The first-order valence-electron chi connectivity index (χ1n) is 9.57. The van der Waals surface area contributed by atoms with Crippen LogP contribution in [0.5, 0.6) is 0 Å². The lowest BCUT2D eigenvalue weighted by molar-refractivity contribution is -0.141. The van der Waals surface area contributed by atoms with Crippen molar-refractivity contribution in [3.8, 4) is 0 Å². The lowest BCUT2D eigenvalue weighted by atomic mass is 10.2. The minimum Gasteiger partial charge on any atom is -0.461 e. The van der Waals surface area contributed by atoms with Crippen LogP contribution in [0.1, 0.15) is 11.1 Å². The normalized spacial score (nSPS) is 10.7. The summed E-state index contributed by atoms with van der Waals surface area (Å²) in [5, 5.41) is 2.81. The molecule has 0 spiro atoms. The number of benzene rings is 2. The van der Waals surface area contributed by atoms with Gasteiger partial charge in [-0.15, -0.1) is 0 Å². The maximum Gasteiger partial charge on any atom is 0.320 e. The lowest BCUT2D eigenvalue weighted by Crippen LogP contribution is -2.29. The van der Waals surface area contributed by atoms with Gasteiger partial charge in [-0.25, -0.2) is 0 Å². The largest absolute Gasteiger partial charge is 0.461 e. The summed E-state index contributed by atoms with van der Waals surface area (Å²) >= 11 is 0. The molecule has 0 radical (unpaired) electrons. The molecule has 33 heavy (non-hydrogen) atoms. The van der Waals surface area contributed by atoms with E-state index in [0.29, 0.717) is 13.1 Å². The Labute approximate surface area is 195 Å². The Morgan fingerprint density at radius 1 is 0.939 bits per heavy atom. The number of carbonyl (C=O) groups excluding carboxylic acids is 1. The van der Waals surface area contributed by atoms with E-state index in [4.69, 9.17) is 14.8 Å². The van der Waals surface area contributed by atoms with Crippen LogP contribution in [-0.2, 0) is 29.8 Å². The number of ether oxygens (including phenoxy) is 1. The van der Waals surface area contributed by atoms with Crippen LogP contribution in [0.3, 0.4) is 0 Å². The van der Waals surface area contributed by atoms with Crippen LogP contribution in [0.25, 0.3) is 0 Å². The average Bonchev–Trinajstić information content (AvgIpc) is 2.73. The summed E-state index contributed by atoms with van der Waals surface area (Å²) in [5.41, 5.74) is 7.10. The minimum absolute atomic E-state index is 0.0666. The van der Waals surface area contributed by atoms with Crippen molar-refractivity contribution < 1.29 is 35.5 Å². The summed E-state index contributed by atoms with van der Waals surface area (Å²) < 4.78 is 63.8. The Hall–Kier alpha value is -2.61. The van der Waals surface area contributed by atoms with Crippen molar-refractivity contribution in [3.63, 3.8) is 0 Å². The molecule has 0 atom stereocenters. The Balaban J connectivity index is 0.000000465. The van der Waals surface area contributed by atoms with Crippen LogP contribution in [-0.4, -0.2) is 58.2 Å². The number of carbonyl (C=O) groups is 1. The molecule has 5 N–H and O–H groups in total. The Bertz CT molecular complexity index is 993. The Morgan fingerprint density at radius 3 is 1.64 bits per heavy atom. The van der Waals surface area contributed by atoms with Crippen molar-refractivity contribution >= 4 is 26.2 Å². The van der Waals surface area contributed by atoms with E-state index in [-0.39, 0.29) is 28.9 Å². The highest BCUT2D eigenvalue weighted by molar-refractivity contribution is 7.86. The van der Waals surface area contributed by atoms with E-state index in [2.05, 4.69) is 16.6 Å². The molecule has 0 saturated heterocycles. The van der Waals surface area contributed by atoms with Crippen molar-refractivity contribution in [2.24, 2.45) is 5.73 Å². The molecule has 0 heterocycles. The maximum absolute atomic E-state index is 10.7. The van der Waals surface area contributed by atoms with Crippen LogP contribution >= 0.6 is 0 Å². The topological polar surface area (TPSA) is 173 Å². The summed E-state index contributed by atoms with van der Waals surface area (Å²) in [5.74, 6) is -0.279. The van der Waals surface area contributed by atoms with Gasteiger partial charge in [-0.1, -0.05) is 48.0 Å². The minimum atomic E-state index is -4.02. The third-order valence-corrected chi connectivity index (χ3v) is 5.33. The molecule has 2 rings (SSSR count). The van der Waals surface area contributed by atoms with Gasteiger partial charge in [0.15, 0.2) is 0 Å². The van der Waals surface area contributed by atoms with Gasteiger partial charge >= 0.3 is 5.97 Å². The van der Waals surface area contributed by atoms with Crippen molar-refractivity contribution in [2.75, 3.05) is 26.2 Å². The number of nitrogens with two attached hydrogens (primary N) is 1. The molecule has 0 fully saturated rings. The van der Waals surface area contributed by atoms with Crippen LogP contribution < -0.4 is 11.1 Å². The molecule has 10 nitrogen and oxygen atoms in total. The van der Waals surface area contributed by atoms with E-state index in [1.165, 1.54) is 30.3 Å². The van der Waals surface area contributed by atoms with Crippen LogP contribution in [0, 0.1) is 13.8 Å². The first-order chi connectivity index (χ1) is 15.3.